The lowest BCUT2D eigenvalue weighted by Gasteiger charge is -2.26. The van der Waals surface area contributed by atoms with Gasteiger partial charge in [-0.1, -0.05) is 42.5 Å². The van der Waals surface area contributed by atoms with Gasteiger partial charge in [-0.3, -0.25) is 9.59 Å². The molecule has 0 radical (unpaired) electrons. The van der Waals surface area contributed by atoms with Crippen LogP contribution in [-0.4, -0.2) is 48.1 Å². The van der Waals surface area contributed by atoms with Crippen LogP contribution < -0.4 is 14.2 Å². The molecule has 184 valence electrons. The van der Waals surface area contributed by atoms with Gasteiger partial charge in [-0.25, -0.2) is 0 Å². The number of benzene rings is 3. The molecule has 0 aromatic heterocycles. The summed E-state index contributed by atoms with van der Waals surface area (Å²) in [5.41, 5.74) is 2.16. The number of carbonyl (C=O) groups excluding carboxylic acids is 2. The second-order valence-corrected chi connectivity index (χ2v) is 8.59. The van der Waals surface area contributed by atoms with Crippen LogP contribution >= 0.6 is 0 Å². The van der Waals surface area contributed by atoms with Crippen LogP contribution in [0, 0.1) is 0 Å². The molecule has 0 spiro atoms. The third-order valence-electron chi connectivity index (χ3n) is 6.32. The van der Waals surface area contributed by atoms with Crippen LogP contribution in [0.1, 0.15) is 29.7 Å². The molecule has 0 unspecified atom stereocenters. The van der Waals surface area contributed by atoms with Gasteiger partial charge in [-0.2, -0.15) is 0 Å². The lowest BCUT2D eigenvalue weighted by Crippen LogP contribution is -2.31. The summed E-state index contributed by atoms with van der Waals surface area (Å²) in [6.45, 7) is 3.53. The van der Waals surface area contributed by atoms with Gasteiger partial charge in [-0.15, -0.1) is 0 Å². The highest BCUT2D eigenvalue weighted by Gasteiger charge is 2.46. The number of aliphatic hydroxyl groups excluding tert-OH is 1. The molecule has 2 heterocycles. The number of Topliss-reactive ketones (excluding diaryl/α,β-unsaturated/α-hetero) is 1. The SMILES string of the molecule is CCOc1cccc([C@@H]2C(=C(O)c3ccc4c(c3)OCCO4)C(=O)C(=O)N2CCc2ccccc2)c1. The third-order valence-corrected chi connectivity index (χ3v) is 6.32. The van der Waals surface area contributed by atoms with Crippen molar-refractivity contribution in [1.82, 2.24) is 4.90 Å². The van der Waals surface area contributed by atoms with E-state index in [9.17, 15) is 14.7 Å². The summed E-state index contributed by atoms with van der Waals surface area (Å²) in [4.78, 5) is 28.1. The summed E-state index contributed by atoms with van der Waals surface area (Å²) >= 11 is 0. The number of fused-ring (bicyclic) bond motifs is 1. The Morgan fingerprint density at radius 2 is 1.75 bits per heavy atom. The number of carbonyl (C=O) groups is 2. The monoisotopic (exact) mass is 485 g/mol. The van der Waals surface area contributed by atoms with E-state index in [-0.39, 0.29) is 11.3 Å². The van der Waals surface area contributed by atoms with Crippen LogP contribution in [0.15, 0.2) is 78.4 Å². The Kier molecular flexibility index (Phi) is 6.62. The summed E-state index contributed by atoms with van der Waals surface area (Å²) in [6.07, 6.45) is 0.569. The summed E-state index contributed by atoms with van der Waals surface area (Å²) in [7, 11) is 0. The summed E-state index contributed by atoms with van der Waals surface area (Å²) in [5, 5.41) is 11.4. The van der Waals surface area contributed by atoms with Crippen molar-refractivity contribution in [3.05, 3.63) is 95.1 Å². The molecule has 36 heavy (non-hydrogen) atoms. The summed E-state index contributed by atoms with van der Waals surface area (Å²) < 4.78 is 16.9. The number of hydrogen-bond acceptors (Lipinski definition) is 6. The molecule has 0 aliphatic carbocycles. The average Bonchev–Trinajstić information content (AvgIpc) is 3.17. The van der Waals surface area contributed by atoms with Crippen molar-refractivity contribution in [1.29, 1.82) is 0 Å². The van der Waals surface area contributed by atoms with Crippen LogP contribution in [0.5, 0.6) is 17.2 Å². The Balaban J connectivity index is 1.58. The molecule has 2 aliphatic rings. The van der Waals surface area contributed by atoms with Crippen molar-refractivity contribution < 1.29 is 28.9 Å². The maximum atomic E-state index is 13.3. The van der Waals surface area contributed by atoms with E-state index in [4.69, 9.17) is 14.2 Å². The van der Waals surface area contributed by atoms with Crippen molar-refractivity contribution in [3.63, 3.8) is 0 Å². The van der Waals surface area contributed by atoms with Gasteiger partial charge >= 0.3 is 0 Å². The molecule has 2 aliphatic heterocycles. The largest absolute Gasteiger partial charge is 0.507 e. The molecule has 3 aromatic rings. The maximum absolute atomic E-state index is 13.3. The van der Waals surface area contributed by atoms with E-state index in [1.807, 2.05) is 61.5 Å². The summed E-state index contributed by atoms with van der Waals surface area (Å²) in [6, 6.07) is 21.3. The van der Waals surface area contributed by atoms with E-state index < -0.39 is 17.7 Å². The van der Waals surface area contributed by atoms with Gasteiger partial charge in [-0.05, 0) is 54.8 Å². The number of ketones is 1. The van der Waals surface area contributed by atoms with Crippen LogP contribution in [-0.2, 0) is 16.0 Å². The Hall–Kier alpha value is -4.26. The first-order valence-corrected chi connectivity index (χ1v) is 12.0. The smallest absolute Gasteiger partial charge is 0.295 e. The first-order chi connectivity index (χ1) is 17.6. The standard InChI is InChI=1S/C29H27NO6/c1-2-34-22-10-6-9-20(17-22)26-25(27(31)21-11-12-23-24(18-21)36-16-15-35-23)28(32)29(33)30(26)14-13-19-7-4-3-5-8-19/h3-12,17-18,26,31H,2,13-16H2,1H3/t26-/m1/s1. The van der Waals surface area contributed by atoms with E-state index in [2.05, 4.69) is 0 Å². The second kappa shape index (κ2) is 10.2. The van der Waals surface area contributed by atoms with Crippen LogP contribution in [0.2, 0.25) is 0 Å². The molecule has 7 nitrogen and oxygen atoms in total. The number of ether oxygens (including phenoxy) is 3. The predicted molar refractivity (Wildman–Crippen MR) is 134 cm³/mol. The van der Waals surface area contributed by atoms with Gasteiger partial charge in [0.2, 0.25) is 0 Å². The predicted octanol–water partition coefficient (Wildman–Crippen LogP) is 4.52. The number of nitrogens with zero attached hydrogens (tertiary/aromatic N) is 1. The van der Waals surface area contributed by atoms with Crippen LogP contribution in [0.3, 0.4) is 0 Å². The molecule has 7 heteroatoms. The third kappa shape index (κ3) is 4.52. The molecular formula is C29H27NO6. The van der Waals surface area contributed by atoms with Crippen LogP contribution in [0.25, 0.3) is 5.76 Å². The zero-order valence-corrected chi connectivity index (χ0v) is 20.0. The van der Waals surface area contributed by atoms with E-state index in [0.29, 0.717) is 61.2 Å². The zero-order chi connectivity index (χ0) is 25.1. The fourth-order valence-electron chi connectivity index (χ4n) is 4.64. The molecule has 1 amide bonds. The molecular weight excluding hydrogens is 458 g/mol. The Labute approximate surface area is 209 Å². The number of hydrogen-bond donors (Lipinski definition) is 1. The Morgan fingerprint density at radius 3 is 2.53 bits per heavy atom. The molecule has 0 saturated carbocycles. The van der Waals surface area contributed by atoms with Gasteiger partial charge in [0.15, 0.2) is 11.5 Å². The fourth-order valence-corrected chi connectivity index (χ4v) is 4.64. The van der Waals surface area contributed by atoms with Crippen molar-refractivity contribution in [3.8, 4) is 17.2 Å². The van der Waals surface area contributed by atoms with Gasteiger partial charge in [0, 0.05) is 12.1 Å². The topological polar surface area (TPSA) is 85.3 Å². The molecule has 1 N–H and O–H groups in total. The summed E-state index contributed by atoms with van der Waals surface area (Å²) in [5.74, 6) is 0.0713. The average molecular weight is 486 g/mol. The van der Waals surface area contributed by atoms with Crippen LogP contribution in [0.4, 0.5) is 0 Å². The second-order valence-electron chi connectivity index (χ2n) is 8.59. The zero-order valence-electron chi connectivity index (χ0n) is 20.0. The lowest BCUT2D eigenvalue weighted by atomic mass is 9.95. The number of amides is 1. The Morgan fingerprint density at radius 1 is 0.972 bits per heavy atom. The lowest BCUT2D eigenvalue weighted by molar-refractivity contribution is -0.139. The minimum Gasteiger partial charge on any atom is -0.507 e. The molecule has 1 saturated heterocycles. The Bertz CT molecular complexity index is 1320. The number of rotatable bonds is 7. The van der Waals surface area contributed by atoms with E-state index in [0.717, 1.165) is 5.56 Å². The first kappa shape index (κ1) is 23.5. The normalized spacial score (nSPS) is 18.4. The highest BCUT2D eigenvalue weighted by molar-refractivity contribution is 6.46. The van der Waals surface area contributed by atoms with E-state index >= 15 is 0 Å². The van der Waals surface area contributed by atoms with Crippen molar-refractivity contribution in [2.75, 3.05) is 26.4 Å². The minimum atomic E-state index is -0.762. The molecule has 1 atom stereocenters. The van der Waals surface area contributed by atoms with Gasteiger partial charge in [0.05, 0.1) is 18.2 Å². The quantitative estimate of drug-likeness (QED) is 0.301. The van der Waals surface area contributed by atoms with Gasteiger partial charge in [0.1, 0.15) is 24.7 Å². The highest BCUT2D eigenvalue weighted by Crippen LogP contribution is 2.41. The number of aliphatic hydroxyl groups is 1. The molecule has 1 fully saturated rings. The van der Waals surface area contributed by atoms with Crippen molar-refractivity contribution >= 4 is 17.4 Å². The van der Waals surface area contributed by atoms with Gasteiger partial charge in [0.25, 0.3) is 11.7 Å². The van der Waals surface area contributed by atoms with Gasteiger partial charge < -0.3 is 24.2 Å². The minimum absolute atomic E-state index is 0.0402. The number of likely N-dealkylation sites (tertiary alicyclic amines) is 1. The van der Waals surface area contributed by atoms with Crippen molar-refractivity contribution in [2.45, 2.75) is 19.4 Å². The fraction of sp³-hybridized carbons (Fsp3) is 0.241. The molecule has 3 aromatic carbocycles. The molecule has 0 bridgehead atoms. The van der Waals surface area contributed by atoms with Crippen molar-refractivity contribution in [2.24, 2.45) is 0 Å². The first-order valence-electron chi connectivity index (χ1n) is 12.0. The van der Waals surface area contributed by atoms with E-state index in [1.165, 1.54) is 4.90 Å². The maximum Gasteiger partial charge on any atom is 0.295 e. The molecule has 5 rings (SSSR count). The van der Waals surface area contributed by atoms with E-state index in [1.54, 1.807) is 18.2 Å². The highest BCUT2D eigenvalue weighted by atomic mass is 16.6.